The first-order valence-electron chi connectivity index (χ1n) is 9.21. The van der Waals surface area contributed by atoms with Crippen molar-refractivity contribution in [3.8, 4) is 0 Å². The van der Waals surface area contributed by atoms with Crippen LogP contribution in [0.2, 0.25) is 0 Å². The molecule has 4 aliphatic carbocycles. The van der Waals surface area contributed by atoms with Crippen LogP contribution >= 0.6 is 0 Å². The van der Waals surface area contributed by atoms with Crippen LogP contribution in [0.15, 0.2) is 0 Å². The fourth-order valence-corrected chi connectivity index (χ4v) is 5.62. The number of hydrogen-bond acceptors (Lipinski definition) is 3. The third-order valence-corrected chi connectivity index (χ3v) is 6.34. The Bertz CT molecular complexity index is 496. The van der Waals surface area contributed by atoms with Crippen molar-refractivity contribution in [1.29, 1.82) is 0 Å². The Balaban J connectivity index is 1.49. The zero-order chi connectivity index (χ0) is 17.3. The summed E-state index contributed by atoms with van der Waals surface area (Å²) in [6.07, 6.45) is 7.69. The van der Waals surface area contributed by atoms with Crippen LogP contribution in [0.4, 0.5) is 0 Å². The normalized spacial score (nSPS) is 34.5. The van der Waals surface area contributed by atoms with E-state index < -0.39 is 11.8 Å². The van der Waals surface area contributed by atoms with E-state index >= 15 is 0 Å². The predicted molar refractivity (Wildman–Crippen MR) is 89.9 cm³/mol. The molecule has 134 valence electrons. The van der Waals surface area contributed by atoms with Gasteiger partial charge in [-0.1, -0.05) is 0 Å². The molecule has 3 N–H and O–H groups in total. The van der Waals surface area contributed by atoms with Gasteiger partial charge in [0.1, 0.15) is 0 Å². The van der Waals surface area contributed by atoms with Crippen molar-refractivity contribution in [2.75, 3.05) is 13.1 Å². The highest BCUT2D eigenvalue weighted by atomic mass is 16.2. The number of rotatable bonds is 5. The van der Waals surface area contributed by atoms with Gasteiger partial charge < -0.3 is 16.0 Å². The van der Waals surface area contributed by atoms with Crippen LogP contribution < -0.4 is 16.0 Å². The first-order valence-corrected chi connectivity index (χ1v) is 9.21. The summed E-state index contributed by atoms with van der Waals surface area (Å²) in [5.41, 5.74) is 0.195. The van der Waals surface area contributed by atoms with E-state index in [0.29, 0.717) is 6.54 Å². The minimum atomic E-state index is -0.614. The highest BCUT2D eigenvalue weighted by molar-refractivity contribution is 6.35. The molecule has 4 aliphatic rings. The Morgan fingerprint density at radius 1 is 0.917 bits per heavy atom. The summed E-state index contributed by atoms with van der Waals surface area (Å²) < 4.78 is 0. The second-order valence-electron chi connectivity index (χ2n) is 8.21. The van der Waals surface area contributed by atoms with Crippen molar-refractivity contribution in [2.24, 2.45) is 23.2 Å². The van der Waals surface area contributed by atoms with Crippen molar-refractivity contribution in [3.05, 3.63) is 0 Å². The van der Waals surface area contributed by atoms with Crippen LogP contribution in [-0.4, -0.2) is 36.9 Å². The van der Waals surface area contributed by atoms with Gasteiger partial charge in [0.2, 0.25) is 5.91 Å². The molecule has 0 aromatic heterocycles. The maximum Gasteiger partial charge on any atom is 0.309 e. The summed E-state index contributed by atoms with van der Waals surface area (Å²) in [5, 5.41) is 8.08. The monoisotopic (exact) mass is 335 g/mol. The predicted octanol–water partition coefficient (Wildman–Crippen LogP) is 0.960. The quantitative estimate of drug-likeness (QED) is 0.516. The van der Waals surface area contributed by atoms with Crippen molar-refractivity contribution < 1.29 is 14.4 Å². The lowest BCUT2D eigenvalue weighted by molar-refractivity contribution is -0.141. The summed E-state index contributed by atoms with van der Waals surface area (Å²) in [7, 11) is 0. The van der Waals surface area contributed by atoms with Gasteiger partial charge in [-0.15, -0.1) is 0 Å². The molecule has 4 saturated carbocycles. The molecule has 24 heavy (non-hydrogen) atoms. The number of hydrogen-bond donors (Lipinski definition) is 3. The number of nitrogens with one attached hydrogen (secondary N) is 3. The fourth-order valence-electron chi connectivity index (χ4n) is 5.62. The lowest BCUT2D eigenvalue weighted by Crippen LogP contribution is -2.57. The van der Waals surface area contributed by atoms with E-state index in [1.165, 1.54) is 45.4 Å². The van der Waals surface area contributed by atoms with E-state index in [0.717, 1.165) is 17.8 Å². The van der Waals surface area contributed by atoms with Crippen LogP contribution in [0, 0.1) is 23.2 Å². The Labute approximate surface area is 143 Å². The van der Waals surface area contributed by atoms with Crippen LogP contribution in [-0.2, 0) is 14.4 Å². The van der Waals surface area contributed by atoms with Crippen LogP contribution in [0.5, 0.6) is 0 Å². The van der Waals surface area contributed by atoms with Crippen LogP contribution in [0.25, 0.3) is 0 Å². The SMILES string of the molecule is CC(=O)NCCNC(=O)C(=O)NC(C)C12CC3CC(CC(C3)C1)C2. The van der Waals surface area contributed by atoms with E-state index in [-0.39, 0.29) is 23.9 Å². The Hall–Kier alpha value is -1.59. The van der Waals surface area contributed by atoms with Crippen LogP contribution in [0.3, 0.4) is 0 Å². The first-order chi connectivity index (χ1) is 11.4. The number of carbonyl (C=O) groups excluding carboxylic acids is 3. The highest BCUT2D eigenvalue weighted by Gasteiger charge is 2.53. The molecule has 4 fully saturated rings. The average molecular weight is 335 g/mol. The highest BCUT2D eigenvalue weighted by Crippen LogP contribution is 2.61. The molecule has 4 bridgehead atoms. The molecule has 0 aromatic rings. The minimum Gasteiger partial charge on any atom is -0.355 e. The molecule has 0 aliphatic heterocycles. The van der Waals surface area contributed by atoms with Crippen molar-refractivity contribution in [3.63, 3.8) is 0 Å². The van der Waals surface area contributed by atoms with E-state index in [1.807, 2.05) is 0 Å². The Morgan fingerprint density at radius 3 is 1.92 bits per heavy atom. The summed E-state index contributed by atoms with van der Waals surface area (Å²) in [6, 6.07) is 0.0412. The maximum absolute atomic E-state index is 12.2. The molecule has 0 spiro atoms. The van der Waals surface area contributed by atoms with Gasteiger partial charge in [0.05, 0.1) is 0 Å². The van der Waals surface area contributed by atoms with E-state index in [1.54, 1.807) is 0 Å². The summed E-state index contributed by atoms with van der Waals surface area (Å²) in [6.45, 7) is 4.08. The third-order valence-electron chi connectivity index (χ3n) is 6.34. The molecular weight excluding hydrogens is 306 g/mol. The lowest BCUT2D eigenvalue weighted by Gasteiger charge is -2.59. The standard InChI is InChI=1S/C18H29N3O3/c1-11(21-17(24)16(23)20-4-3-19-12(2)22)18-8-13-5-14(9-18)7-15(6-13)10-18/h11,13-15H,3-10H2,1-2H3,(H,19,22)(H,20,23)(H,21,24). The molecule has 0 saturated heterocycles. The minimum absolute atomic E-state index is 0.0412. The topological polar surface area (TPSA) is 87.3 Å². The smallest absolute Gasteiger partial charge is 0.309 e. The molecule has 6 nitrogen and oxygen atoms in total. The summed E-state index contributed by atoms with van der Waals surface area (Å²) >= 11 is 0. The van der Waals surface area contributed by atoms with Crippen molar-refractivity contribution in [1.82, 2.24) is 16.0 Å². The molecule has 6 heteroatoms. The first kappa shape index (κ1) is 17.2. The molecule has 3 amide bonds. The van der Waals surface area contributed by atoms with E-state index in [4.69, 9.17) is 0 Å². The largest absolute Gasteiger partial charge is 0.355 e. The van der Waals surface area contributed by atoms with Gasteiger partial charge in [0.15, 0.2) is 0 Å². The van der Waals surface area contributed by atoms with Crippen molar-refractivity contribution in [2.45, 2.75) is 58.4 Å². The molecule has 0 aromatic carbocycles. The fraction of sp³-hybridized carbons (Fsp3) is 0.833. The van der Waals surface area contributed by atoms with Gasteiger partial charge >= 0.3 is 11.8 Å². The van der Waals surface area contributed by atoms with E-state index in [2.05, 4.69) is 22.9 Å². The summed E-state index contributed by atoms with van der Waals surface area (Å²) in [4.78, 5) is 34.8. The maximum atomic E-state index is 12.2. The van der Waals surface area contributed by atoms with Gasteiger partial charge in [-0.25, -0.2) is 0 Å². The van der Waals surface area contributed by atoms with Gasteiger partial charge in [-0.3, -0.25) is 14.4 Å². The number of amides is 3. The van der Waals surface area contributed by atoms with E-state index in [9.17, 15) is 14.4 Å². The Morgan fingerprint density at radius 2 is 1.42 bits per heavy atom. The third kappa shape index (κ3) is 3.57. The zero-order valence-electron chi connectivity index (χ0n) is 14.7. The lowest BCUT2D eigenvalue weighted by atomic mass is 9.48. The van der Waals surface area contributed by atoms with Gasteiger partial charge in [-0.05, 0) is 68.6 Å². The summed E-state index contributed by atoms with van der Waals surface area (Å²) in [5.74, 6) is 1.15. The average Bonchev–Trinajstić information content (AvgIpc) is 2.49. The zero-order valence-corrected chi connectivity index (χ0v) is 14.7. The molecular formula is C18H29N3O3. The Kier molecular flexibility index (Phi) is 4.83. The molecule has 1 unspecified atom stereocenters. The van der Waals surface area contributed by atoms with Gasteiger partial charge in [0.25, 0.3) is 0 Å². The second-order valence-corrected chi connectivity index (χ2v) is 8.21. The van der Waals surface area contributed by atoms with Gasteiger partial charge in [-0.2, -0.15) is 0 Å². The van der Waals surface area contributed by atoms with Crippen molar-refractivity contribution >= 4 is 17.7 Å². The molecule has 0 heterocycles. The molecule has 4 rings (SSSR count). The van der Waals surface area contributed by atoms with Gasteiger partial charge in [0, 0.05) is 26.1 Å². The van der Waals surface area contributed by atoms with Crippen LogP contribution in [0.1, 0.15) is 52.4 Å². The molecule has 0 radical (unpaired) electrons. The number of carbonyl (C=O) groups is 3. The second kappa shape index (κ2) is 6.73. The molecule has 1 atom stereocenters.